The molecule has 0 spiro atoms. The Kier molecular flexibility index (Phi) is 22.2. The van der Waals surface area contributed by atoms with Crippen LogP contribution in [0.3, 0.4) is 0 Å². The van der Waals surface area contributed by atoms with E-state index in [9.17, 15) is 9.59 Å². The molecule has 0 aliphatic heterocycles. The van der Waals surface area contributed by atoms with Gasteiger partial charge in [-0.05, 0) is 20.8 Å². The van der Waals surface area contributed by atoms with Gasteiger partial charge in [0.25, 0.3) is 0 Å². The van der Waals surface area contributed by atoms with E-state index in [1.807, 2.05) is 0 Å². The first-order valence-electron chi connectivity index (χ1n) is 11.7. The monoisotopic (exact) mass is 496 g/mol. The number of nitrogens with one attached hydrogen (secondary N) is 2. The number of rotatable bonds is 23. The van der Waals surface area contributed by atoms with E-state index in [0.29, 0.717) is 92.4 Å². The molecule has 34 heavy (non-hydrogen) atoms. The van der Waals surface area contributed by atoms with Crippen LogP contribution in [0.5, 0.6) is 0 Å². The number of carbonyl (C=O) groups is 2. The molecular weight excluding hydrogens is 452 g/mol. The lowest BCUT2D eigenvalue weighted by Gasteiger charge is -2.19. The van der Waals surface area contributed by atoms with E-state index in [1.54, 1.807) is 20.8 Å². The van der Waals surface area contributed by atoms with Gasteiger partial charge in [0, 0.05) is 19.5 Å². The summed E-state index contributed by atoms with van der Waals surface area (Å²) < 4.78 is 36.9. The van der Waals surface area contributed by atoms with Crippen molar-refractivity contribution in [2.24, 2.45) is 0 Å². The second kappa shape index (κ2) is 23.2. The van der Waals surface area contributed by atoms with Crippen molar-refractivity contribution in [1.82, 2.24) is 10.6 Å². The van der Waals surface area contributed by atoms with Crippen molar-refractivity contribution < 1.29 is 47.9 Å². The van der Waals surface area contributed by atoms with Crippen LogP contribution in [-0.4, -0.2) is 122 Å². The average Bonchev–Trinajstić information content (AvgIpc) is 2.77. The molecule has 0 unspecified atom stereocenters. The highest BCUT2D eigenvalue weighted by atomic mass is 16.6. The van der Waals surface area contributed by atoms with Crippen LogP contribution in [0.4, 0.5) is 4.79 Å². The fourth-order valence-electron chi connectivity index (χ4n) is 2.20. The molecule has 202 valence electrons. The third-order valence-electron chi connectivity index (χ3n) is 3.68. The molecule has 0 aliphatic rings. The van der Waals surface area contributed by atoms with Gasteiger partial charge in [-0.25, -0.2) is 4.79 Å². The Labute approximate surface area is 202 Å². The molecule has 12 heteroatoms. The van der Waals surface area contributed by atoms with Gasteiger partial charge in [0.05, 0.1) is 85.9 Å². The SMILES string of the molecule is CC(C)(C)OC(=O)NCCOCCOCCOCCOCCC(=O)NCCOCCOCCO. The highest BCUT2D eigenvalue weighted by Gasteiger charge is 2.15. The predicted molar refractivity (Wildman–Crippen MR) is 124 cm³/mol. The maximum Gasteiger partial charge on any atom is 0.407 e. The van der Waals surface area contributed by atoms with Gasteiger partial charge in [-0.2, -0.15) is 0 Å². The summed E-state index contributed by atoms with van der Waals surface area (Å²) in [5.41, 5.74) is -0.516. The molecule has 0 saturated heterocycles. The Hall–Kier alpha value is -1.54. The lowest BCUT2D eigenvalue weighted by Crippen LogP contribution is -2.34. The number of amides is 2. The largest absolute Gasteiger partial charge is 0.444 e. The van der Waals surface area contributed by atoms with Crippen molar-refractivity contribution in [3.8, 4) is 0 Å². The van der Waals surface area contributed by atoms with Crippen LogP contribution in [-0.2, 0) is 38.0 Å². The third-order valence-corrected chi connectivity index (χ3v) is 3.68. The molecular formula is C22H44N2O10. The molecule has 2 amide bonds. The summed E-state index contributed by atoms with van der Waals surface area (Å²) >= 11 is 0. The van der Waals surface area contributed by atoms with Gasteiger partial charge in [-0.15, -0.1) is 0 Å². The van der Waals surface area contributed by atoms with Crippen LogP contribution in [0.2, 0.25) is 0 Å². The number of hydrogen-bond acceptors (Lipinski definition) is 10. The Morgan fingerprint density at radius 2 is 1.03 bits per heavy atom. The van der Waals surface area contributed by atoms with E-state index in [2.05, 4.69) is 10.6 Å². The fourth-order valence-corrected chi connectivity index (χ4v) is 2.20. The van der Waals surface area contributed by atoms with Crippen LogP contribution in [0.1, 0.15) is 27.2 Å². The minimum atomic E-state index is -0.516. The van der Waals surface area contributed by atoms with Gasteiger partial charge in [0.15, 0.2) is 0 Å². The van der Waals surface area contributed by atoms with Crippen molar-refractivity contribution in [2.75, 3.05) is 99.0 Å². The van der Waals surface area contributed by atoms with Crippen LogP contribution >= 0.6 is 0 Å². The minimum absolute atomic E-state index is 0.00516. The number of hydrogen-bond donors (Lipinski definition) is 3. The first-order chi connectivity index (χ1) is 16.3. The van der Waals surface area contributed by atoms with Crippen molar-refractivity contribution in [1.29, 1.82) is 0 Å². The highest BCUT2D eigenvalue weighted by molar-refractivity contribution is 5.75. The molecule has 3 N–H and O–H groups in total. The quantitative estimate of drug-likeness (QED) is 0.167. The van der Waals surface area contributed by atoms with Gasteiger partial charge >= 0.3 is 6.09 Å². The molecule has 0 aromatic heterocycles. The molecule has 0 atom stereocenters. The van der Waals surface area contributed by atoms with Gasteiger partial charge in [-0.1, -0.05) is 0 Å². The zero-order valence-corrected chi connectivity index (χ0v) is 20.9. The van der Waals surface area contributed by atoms with Crippen molar-refractivity contribution in [2.45, 2.75) is 32.8 Å². The first-order valence-corrected chi connectivity index (χ1v) is 11.7. The normalized spacial score (nSPS) is 11.4. The lowest BCUT2D eigenvalue weighted by atomic mass is 10.2. The molecule has 0 fully saturated rings. The summed E-state index contributed by atoms with van der Waals surface area (Å²) in [4.78, 5) is 23.1. The van der Waals surface area contributed by atoms with Crippen LogP contribution in [0, 0.1) is 0 Å². The highest BCUT2D eigenvalue weighted by Crippen LogP contribution is 2.06. The summed E-state index contributed by atoms with van der Waals surface area (Å²) in [5, 5.41) is 13.9. The zero-order valence-electron chi connectivity index (χ0n) is 20.9. The molecule has 0 bridgehead atoms. The standard InChI is InChI=1S/C22H44N2O10/c1-22(2,3)34-21(27)24-6-10-30-14-17-33-19-18-32-16-12-28-8-4-20(26)23-5-9-29-13-15-31-11-7-25/h25H,4-19H2,1-3H3,(H,23,26)(H,24,27). The van der Waals surface area contributed by atoms with Gasteiger partial charge in [0.2, 0.25) is 5.91 Å². The summed E-state index contributed by atoms with van der Waals surface area (Å²) in [6.07, 6.45) is -0.188. The van der Waals surface area contributed by atoms with E-state index < -0.39 is 11.7 Å². The summed E-state index contributed by atoms with van der Waals surface area (Å²) in [6, 6.07) is 0. The topological polar surface area (TPSA) is 143 Å². The van der Waals surface area contributed by atoms with E-state index in [1.165, 1.54) is 0 Å². The Balaban J connectivity index is 3.22. The molecule has 0 saturated carbocycles. The third kappa shape index (κ3) is 26.7. The fraction of sp³-hybridized carbons (Fsp3) is 0.909. The Morgan fingerprint density at radius 3 is 1.50 bits per heavy atom. The number of alkyl carbamates (subject to hydrolysis) is 1. The molecule has 0 aliphatic carbocycles. The smallest absolute Gasteiger partial charge is 0.407 e. The Bertz CT molecular complexity index is 489. The molecule has 0 aromatic rings. The van der Waals surface area contributed by atoms with E-state index in [-0.39, 0.29) is 18.9 Å². The number of aliphatic hydroxyl groups excluding tert-OH is 1. The lowest BCUT2D eigenvalue weighted by molar-refractivity contribution is -0.122. The molecule has 0 aromatic carbocycles. The van der Waals surface area contributed by atoms with E-state index in [0.717, 1.165) is 0 Å². The maximum absolute atomic E-state index is 11.6. The number of ether oxygens (including phenoxy) is 7. The Morgan fingerprint density at radius 1 is 0.618 bits per heavy atom. The van der Waals surface area contributed by atoms with Crippen molar-refractivity contribution in [3.63, 3.8) is 0 Å². The molecule has 12 nitrogen and oxygen atoms in total. The van der Waals surface area contributed by atoms with Gasteiger partial charge in [0.1, 0.15) is 5.60 Å². The number of aliphatic hydroxyl groups is 1. The van der Waals surface area contributed by atoms with Crippen molar-refractivity contribution >= 4 is 12.0 Å². The maximum atomic E-state index is 11.6. The zero-order chi connectivity index (χ0) is 25.3. The first kappa shape index (κ1) is 32.5. The van der Waals surface area contributed by atoms with Crippen LogP contribution < -0.4 is 10.6 Å². The predicted octanol–water partition coefficient (Wildman–Crippen LogP) is 0.109. The van der Waals surface area contributed by atoms with Crippen LogP contribution in [0.25, 0.3) is 0 Å². The second-order valence-electron chi connectivity index (χ2n) is 7.93. The number of carbonyl (C=O) groups excluding carboxylic acids is 2. The summed E-state index contributed by atoms with van der Waals surface area (Å²) in [6.45, 7) is 11.0. The second-order valence-corrected chi connectivity index (χ2v) is 7.93. The summed E-state index contributed by atoms with van der Waals surface area (Å²) in [7, 11) is 0. The molecule has 0 heterocycles. The van der Waals surface area contributed by atoms with E-state index in [4.69, 9.17) is 38.3 Å². The average molecular weight is 497 g/mol. The van der Waals surface area contributed by atoms with Gasteiger partial charge in [-0.3, -0.25) is 4.79 Å². The van der Waals surface area contributed by atoms with Crippen LogP contribution in [0.15, 0.2) is 0 Å². The summed E-state index contributed by atoms with van der Waals surface area (Å²) in [5.74, 6) is -0.0997. The van der Waals surface area contributed by atoms with Gasteiger partial charge < -0.3 is 48.9 Å². The molecule has 0 radical (unpaired) electrons. The van der Waals surface area contributed by atoms with Crippen molar-refractivity contribution in [3.05, 3.63) is 0 Å². The molecule has 0 rings (SSSR count). The van der Waals surface area contributed by atoms with E-state index >= 15 is 0 Å². The minimum Gasteiger partial charge on any atom is -0.444 e.